The molecule has 0 aromatic heterocycles. The van der Waals surface area contributed by atoms with Crippen molar-refractivity contribution in [3.8, 4) is 0 Å². The molecule has 8 heteroatoms. The van der Waals surface area contributed by atoms with E-state index in [1.54, 1.807) is 0 Å². The van der Waals surface area contributed by atoms with Crippen LogP contribution in [0.15, 0.2) is 0 Å². The van der Waals surface area contributed by atoms with Crippen molar-refractivity contribution in [1.29, 1.82) is 0 Å². The van der Waals surface area contributed by atoms with E-state index >= 15 is 0 Å². The van der Waals surface area contributed by atoms with Gasteiger partial charge in [-0.25, -0.2) is 0 Å². The van der Waals surface area contributed by atoms with Crippen LogP contribution in [0.25, 0.3) is 0 Å². The summed E-state index contributed by atoms with van der Waals surface area (Å²) in [5.74, 6) is -0.656. The number of unbranched alkanes of at least 4 members (excludes halogenated alkanes) is 1. The van der Waals surface area contributed by atoms with Gasteiger partial charge in [0.2, 0.25) is 5.91 Å². The summed E-state index contributed by atoms with van der Waals surface area (Å²) in [6, 6.07) is 0. The fourth-order valence-electron chi connectivity index (χ4n) is 1.94. The van der Waals surface area contributed by atoms with E-state index in [2.05, 4.69) is 5.32 Å². The van der Waals surface area contributed by atoms with Crippen molar-refractivity contribution in [2.45, 2.75) is 56.3 Å². The summed E-state index contributed by atoms with van der Waals surface area (Å²) in [4.78, 5) is 11.8. The van der Waals surface area contributed by atoms with Gasteiger partial charge in [-0.15, -0.1) is 0 Å². The Hall–Kier alpha value is -0.770. The van der Waals surface area contributed by atoms with Crippen LogP contribution >= 0.6 is 0 Å². The van der Waals surface area contributed by atoms with Gasteiger partial charge in [-0.2, -0.15) is 0 Å². The molecule has 0 aromatic carbocycles. The molecule has 7 N–H and O–H groups in total. The lowest BCUT2D eigenvalue weighted by Gasteiger charge is -2.40. The Morgan fingerprint density at radius 1 is 1.20 bits per heavy atom. The second-order valence-electron chi connectivity index (χ2n) is 4.75. The average molecular weight is 293 g/mol. The molecule has 1 rings (SSSR count). The Morgan fingerprint density at radius 2 is 1.90 bits per heavy atom. The van der Waals surface area contributed by atoms with E-state index in [0.29, 0.717) is 25.8 Å². The van der Waals surface area contributed by atoms with Crippen molar-refractivity contribution in [2.24, 2.45) is 5.73 Å². The van der Waals surface area contributed by atoms with Gasteiger partial charge in [0.15, 0.2) is 6.23 Å². The molecule has 0 aliphatic carbocycles. The second-order valence-corrected chi connectivity index (χ2v) is 4.75. The Kier molecular flexibility index (Phi) is 6.64. The van der Waals surface area contributed by atoms with Crippen LogP contribution in [0.4, 0.5) is 0 Å². The number of amides is 1. The molecule has 1 aliphatic rings. The van der Waals surface area contributed by atoms with Crippen LogP contribution in [-0.4, -0.2) is 70.1 Å². The highest BCUT2D eigenvalue weighted by Gasteiger charge is 2.43. The van der Waals surface area contributed by atoms with E-state index in [4.69, 9.17) is 16.9 Å². The molecule has 0 spiro atoms. The number of aliphatic hydroxyl groups is 4. The van der Waals surface area contributed by atoms with Crippen molar-refractivity contribution in [3.63, 3.8) is 0 Å². The molecule has 2 unspecified atom stereocenters. The van der Waals surface area contributed by atoms with Crippen LogP contribution in [0, 0.1) is 0 Å². The molecule has 20 heavy (non-hydrogen) atoms. The van der Waals surface area contributed by atoms with E-state index in [9.17, 15) is 20.1 Å². The molecule has 1 heterocycles. The monoisotopic (exact) mass is 293 g/mol. The first-order valence-corrected chi connectivity index (χ1v) is 6.65. The van der Waals surface area contributed by atoms with E-state index in [0.717, 1.165) is 0 Å². The number of rotatable bonds is 7. The highest BCUT2D eigenvalue weighted by molar-refractivity contribution is 5.76. The van der Waals surface area contributed by atoms with E-state index in [-0.39, 0.29) is 0 Å². The number of ether oxygens (including phenoxy) is 1. The minimum absolute atomic E-state index is 0.320. The van der Waals surface area contributed by atoms with Crippen LogP contribution in [0.5, 0.6) is 0 Å². The number of carbonyl (C=O) groups is 1. The van der Waals surface area contributed by atoms with Crippen LogP contribution in [-0.2, 0) is 9.53 Å². The van der Waals surface area contributed by atoms with Gasteiger partial charge in [0.1, 0.15) is 24.4 Å². The van der Waals surface area contributed by atoms with E-state index in [1.807, 2.05) is 0 Å². The number of aliphatic hydroxyl groups excluding tert-OH is 4. The predicted octanol–water partition coefficient (Wildman–Crippen LogP) is -2.58. The van der Waals surface area contributed by atoms with Gasteiger partial charge in [-0.05, 0) is 19.4 Å². The Morgan fingerprint density at radius 3 is 2.50 bits per heavy atom. The maximum Gasteiger partial charge on any atom is 0.222 e. The molecule has 0 bridgehead atoms. The Balaban J connectivity index is 2.53. The molecule has 0 aromatic rings. The molecule has 1 aliphatic heterocycles. The van der Waals surface area contributed by atoms with Crippen LogP contribution in [0.1, 0.15) is 27.0 Å². The summed E-state index contributed by atoms with van der Waals surface area (Å²) >= 11 is 0. The van der Waals surface area contributed by atoms with Crippen molar-refractivity contribution >= 4 is 5.91 Å². The largest absolute Gasteiger partial charge is 0.394 e. The number of carbonyl (C=O) groups excluding carboxylic acids is 1. The number of nitrogens with one attached hydrogen (secondary N) is 1. The van der Waals surface area contributed by atoms with Gasteiger partial charge >= 0.3 is 0 Å². The van der Waals surface area contributed by atoms with E-state index in [1.165, 1.54) is 0 Å². The molecule has 1 saturated heterocycles. The molecule has 1 amide bonds. The quantitative estimate of drug-likeness (QED) is 0.283. The highest BCUT2D eigenvalue weighted by Crippen LogP contribution is 2.19. The van der Waals surface area contributed by atoms with Crippen LogP contribution in [0.2, 0.25) is 0 Å². The van der Waals surface area contributed by atoms with Crippen molar-refractivity contribution in [1.82, 2.24) is 5.32 Å². The summed E-state index contributed by atoms with van der Waals surface area (Å²) < 4.78 is 12.8. The standard InChI is InChI=1S/C12H24N2O6/c13-5-3-1-2-4-8(16)14-12-11(19)10(18)9(17)7(6-15)20-12/h7,9-12,15,17-19H,1-6,13H2,(H,14,16)/t7-,9+,10+,11-,12?/m1/s1/i4D/t4?,7-,9+,10+,11-,12?. The number of hydrogen-bond acceptors (Lipinski definition) is 7. The summed E-state index contributed by atoms with van der Waals surface area (Å²) in [6.07, 6.45) is -6.31. The van der Waals surface area contributed by atoms with Crippen molar-refractivity contribution in [3.05, 3.63) is 0 Å². The lowest BCUT2D eigenvalue weighted by molar-refractivity contribution is -0.236. The predicted molar refractivity (Wildman–Crippen MR) is 69.4 cm³/mol. The molecular weight excluding hydrogens is 268 g/mol. The highest BCUT2D eigenvalue weighted by atomic mass is 16.6. The van der Waals surface area contributed by atoms with Gasteiger partial charge in [-0.3, -0.25) is 4.79 Å². The number of hydrogen-bond donors (Lipinski definition) is 6. The maximum atomic E-state index is 11.8. The first-order valence-electron chi connectivity index (χ1n) is 7.23. The zero-order chi connectivity index (χ0) is 16.0. The lowest BCUT2D eigenvalue weighted by atomic mass is 9.98. The Bertz CT molecular complexity index is 333. The van der Waals surface area contributed by atoms with Gasteiger partial charge in [0.05, 0.1) is 6.61 Å². The number of nitrogens with two attached hydrogens (primary N) is 1. The van der Waals surface area contributed by atoms with Gasteiger partial charge < -0.3 is 36.2 Å². The third kappa shape index (κ3) is 4.65. The third-order valence-electron chi connectivity index (χ3n) is 3.16. The fourth-order valence-corrected chi connectivity index (χ4v) is 1.94. The maximum absolute atomic E-state index is 11.8. The normalized spacial score (nSPS) is 36.2. The lowest BCUT2D eigenvalue weighted by Crippen LogP contribution is -2.63. The molecule has 8 nitrogen and oxygen atoms in total. The summed E-state index contributed by atoms with van der Waals surface area (Å²) in [7, 11) is 0. The molecular formula is C12H24N2O6. The second kappa shape index (κ2) is 8.50. The summed E-state index contributed by atoms with van der Waals surface area (Å²) in [6.45, 7) is -0.0842. The molecule has 1 fully saturated rings. The van der Waals surface area contributed by atoms with Crippen molar-refractivity contribution in [2.75, 3.05) is 13.2 Å². The van der Waals surface area contributed by atoms with E-state index < -0.39 is 49.6 Å². The SMILES string of the molecule is [2H]C(CCCCN)C(=O)NC1O[C@H](CO)[C@H](O)[C@H](O)[C@H]1O. The molecule has 118 valence electrons. The van der Waals surface area contributed by atoms with Crippen molar-refractivity contribution < 1.29 is 31.3 Å². The average Bonchev–Trinajstić information content (AvgIpc) is 2.47. The van der Waals surface area contributed by atoms with Crippen LogP contribution in [0.3, 0.4) is 0 Å². The zero-order valence-corrected chi connectivity index (χ0v) is 11.2. The van der Waals surface area contributed by atoms with Gasteiger partial charge in [0.25, 0.3) is 0 Å². The fraction of sp³-hybridized carbons (Fsp3) is 0.917. The minimum Gasteiger partial charge on any atom is -0.394 e. The first kappa shape index (κ1) is 15.6. The molecule has 0 saturated carbocycles. The zero-order valence-electron chi connectivity index (χ0n) is 12.2. The van der Waals surface area contributed by atoms with Crippen LogP contribution < -0.4 is 11.1 Å². The summed E-state index contributed by atoms with van der Waals surface area (Å²) in [5.41, 5.74) is 5.33. The third-order valence-corrected chi connectivity index (χ3v) is 3.16. The first-order chi connectivity index (χ1) is 9.92. The Labute approximate surface area is 118 Å². The molecule has 0 radical (unpaired) electrons. The molecule has 6 atom stereocenters. The smallest absolute Gasteiger partial charge is 0.222 e. The minimum atomic E-state index is -1.55. The summed E-state index contributed by atoms with van der Waals surface area (Å²) in [5, 5.41) is 40.3. The van der Waals surface area contributed by atoms with Gasteiger partial charge in [0, 0.05) is 7.77 Å². The van der Waals surface area contributed by atoms with Gasteiger partial charge in [-0.1, -0.05) is 6.42 Å². The topological polar surface area (TPSA) is 145 Å².